The second-order valence-corrected chi connectivity index (χ2v) is 4.11. The summed E-state index contributed by atoms with van der Waals surface area (Å²) in [7, 11) is 0. The number of halogens is 1. The molecule has 1 N–H and O–H groups in total. The lowest BCUT2D eigenvalue weighted by molar-refractivity contribution is 0.643. The molecule has 14 heavy (non-hydrogen) atoms. The maximum atomic E-state index is 5.68. The maximum absolute atomic E-state index is 5.68. The first-order valence-corrected chi connectivity index (χ1v) is 5.52. The van der Waals surface area contributed by atoms with Gasteiger partial charge in [0.1, 0.15) is 0 Å². The third-order valence-corrected chi connectivity index (χ3v) is 2.78. The minimum atomic E-state index is 0.260. The van der Waals surface area contributed by atoms with Crippen LogP contribution in [-0.2, 0) is 0 Å². The lowest BCUT2D eigenvalue weighted by Gasteiger charge is -2.14. The van der Waals surface area contributed by atoms with Gasteiger partial charge in [-0.3, -0.25) is 0 Å². The van der Waals surface area contributed by atoms with Crippen molar-refractivity contribution in [2.75, 3.05) is 0 Å². The Morgan fingerprint density at radius 2 is 1.93 bits per heavy atom. The Morgan fingerprint density at radius 1 is 1.29 bits per heavy atom. The molecule has 1 nitrogen and oxygen atoms in total. The van der Waals surface area contributed by atoms with Gasteiger partial charge < -0.3 is 0 Å². The van der Waals surface area contributed by atoms with E-state index in [9.17, 15) is 0 Å². The molecule has 0 aliphatic carbocycles. The van der Waals surface area contributed by atoms with Crippen LogP contribution >= 0.6 is 11.8 Å². The standard InChI is InChI=1S/C12H18ClN/c1-4-12(14-13)11-7-5-6-10(8-11)9(2)3/h5-9,12,14H,4H2,1-3H3. The SMILES string of the molecule is CCC(NCl)c1cccc(C(C)C)c1. The highest BCUT2D eigenvalue weighted by Gasteiger charge is 2.08. The Labute approximate surface area is 91.6 Å². The predicted octanol–water partition coefficient (Wildman–Crippen LogP) is 4.00. The highest BCUT2D eigenvalue weighted by Crippen LogP contribution is 2.22. The zero-order valence-corrected chi connectivity index (χ0v) is 9.81. The van der Waals surface area contributed by atoms with E-state index in [0.29, 0.717) is 5.92 Å². The zero-order chi connectivity index (χ0) is 10.6. The molecule has 0 saturated heterocycles. The molecule has 0 spiro atoms. The molecular formula is C12H18ClN. The summed E-state index contributed by atoms with van der Waals surface area (Å²) in [5.74, 6) is 0.572. The largest absolute Gasteiger partial charge is 0.226 e. The quantitative estimate of drug-likeness (QED) is 0.743. The van der Waals surface area contributed by atoms with E-state index in [2.05, 4.69) is 49.9 Å². The van der Waals surface area contributed by atoms with E-state index in [1.807, 2.05) is 0 Å². The van der Waals surface area contributed by atoms with E-state index in [-0.39, 0.29) is 6.04 Å². The summed E-state index contributed by atoms with van der Waals surface area (Å²) >= 11 is 5.68. The van der Waals surface area contributed by atoms with Crippen LogP contribution in [0.2, 0.25) is 0 Å². The molecular weight excluding hydrogens is 194 g/mol. The van der Waals surface area contributed by atoms with Crippen LogP contribution in [-0.4, -0.2) is 0 Å². The minimum absolute atomic E-state index is 0.260. The van der Waals surface area contributed by atoms with Gasteiger partial charge in [-0.1, -0.05) is 45.0 Å². The van der Waals surface area contributed by atoms with Crippen molar-refractivity contribution in [3.63, 3.8) is 0 Å². The van der Waals surface area contributed by atoms with Crippen LogP contribution in [0.1, 0.15) is 50.3 Å². The van der Waals surface area contributed by atoms with Crippen LogP contribution in [0, 0.1) is 0 Å². The Morgan fingerprint density at radius 3 is 2.43 bits per heavy atom. The molecule has 1 atom stereocenters. The molecule has 0 aliphatic rings. The molecule has 0 amide bonds. The van der Waals surface area contributed by atoms with Crippen LogP contribution in [0.15, 0.2) is 24.3 Å². The summed E-state index contributed by atoms with van der Waals surface area (Å²) in [5.41, 5.74) is 2.64. The van der Waals surface area contributed by atoms with Gasteiger partial charge in [-0.05, 0) is 35.2 Å². The zero-order valence-electron chi connectivity index (χ0n) is 9.05. The fraction of sp³-hybridized carbons (Fsp3) is 0.500. The molecule has 1 unspecified atom stereocenters. The number of benzene rings is 1. The first kappa shape index (κ1) is 11.5. The normalized spacial score (nSPS) is 13.2. The molecule has 78 valence electrons. The number of hydrogen-bond donors (Lipinski definition) is 1. The third-order valence-electron chi connectivity index (χ3n) is 2.52. The molecule has 0 saturated carbocycles. The van der Waals surface area contributed by atoms with Gasteiger partial charge in [-0.2, -0.15) is 0 Å². The van der Waals surface area contributed by atoms with E-state index >= 15 is 0 Å². The van der Waals surface area contributed by atoms with Gasteiger partial charge in [-0.25, -0.2) is 4.84 Å². The van der Waals surface area contributed by atoms with E-state index in [1.165, 1.54) is 11.1 Å². The molecule has 0 aliphatic heterocycles. The molecule has 0 bridgehead atoms. The van der Waals surface area contributed by atoms with E-state index in [1.54, 1.807) is 0 Å². The highest BCUT2D eigenvalue weighted by atomic mass is 35.5. The number of hydrogen-bond acceptors (Lipinski definition) is 1. The van der Waals surface area contributed by atoms with Crippen LogP contribution in [0.3, 0.4) is 0 Å². The lowest BCUT2D eigenvalue weighted by Crippen LogP contribution is -2.10. The molecule has 0 radical (unpaired) electrons. The molecule has 1 aromatic carbocycles. The topological polar surface area (TPSA) is 12.0 Å². The third kappa shape index (κ3) is 2.73. The smallest absolute Gasteiger partial charge is 0.0467 e. The van der Waals surface area contributed by atoms with Gasteiger partial charge in [0.15, 0.2) is 0 Å². The van der Waals surface area contributed by atoms with E-state index in [0.717, 1.165) is 6.42 Å². The van der Waals surface area contributed by atoms with Crippen LogP contribution in [0.25, 0.3) is 0 Å². The second-order valence-electron chi connectivity index (χ2n) is 3.89. The van der Waals surface area contributed by atoms with Crippen molar-refractivity contribution in [1.82, 2.24) is 4.84 Å². The van der Waals surface area contributed by atoms with Gasteiger partial charge in [0.25, 0.3) is 0 Å². The van der Waals surface area contributed by atoms with Crippen molar-refractivity contribution >= 4 is 11.8 Å². The minimum Gasteiger partial charge on any atom is -0.226 e. The van der Waals surface area contributed by atoms with Gasteiger partial charge in [0, 0.05) is 6.04 Å². The van der Waals surface area contributed by atoms with Crippen molar-refractivity contribution in [2.24, 2.45) is 0 Å². The Bertz CT molecular complexity index is 279. The van der Waals surface area contributed by atoms with E-state index in [4.69, 9.17) is 11.8 Å². The van der Waals surface area contributed by atoms with Crippen LogP contribution in [0.5, 0.6) is 0 Å². The van der Waals surface area contributed by atoms with Gasteiger partial charge in [0.2, 0.25) is 0 Å². The fourth-order valence-corrected chi connectivity index (χ4v) is 1.79. The molecule has 1 rings (SSSR count). The van der Waals surface area contributed by atoms with Crippen LogP contribution in [0.4, 0.5) is 0 Å². The Hall–Kier alpha value is -0.530. The Kier molecular flexibility index (Phi) is 4.43. The number of nitrogens with one attached hydrogen (secondary N) is 1. The molecule has 1 aromatic rings. The molecule has 0 fully saturated rings. The average Bonchev–Trinajstić information content (AvgIpc) is 2.20. The second kappa shape index (κ2) is 5.38. The van der Waals surface area contributed by atoms with Crippen molar-refractivity contribution in [2.45, 2.75) is 39.2 Å². The molecule has 0 heterocycles. The first-order valence-electron chi connectivity index (χ1n) is 5.15. The van der Waals surface area contributed by atoms with Gasteiger partial charge >= 0.3 is 0 Å². The lowest BCUT2D eigenvalue weighted by atomic mass is 9.97. The van der Waals surface area contributed by atoms with Crippen molar-refractivity contribution in [1.29, 1.82) is 0 Å². The monoisotopic (exact) mass is 211 g/mol. The summed E-state index contributed by atoms with van der Waals surface area (Å²) in [6.45, 7) is 6.53. The summed E-state index contributed by atoms with van der Waals surface area (Å²) < 4.78 is 0. The van der Waals surface area contributed by atoms with Gasteiger partial charge in [-0.15, -0.1) is 0 Å². The van der Waals surface area contributed by atoms with Crippen molar-refractivity contribution < 1.29 is 0 Å². The van der Waals surface area contributed by atoms with E-state index < -0.39 is 0 Å². The van der Waals surface area contributed by atoms with Crippen LogP contribution < -0.4 is 4.84 Å². The fourth-order valence-electron chi connectivity index (χ4n) is 1.51. The number of rotatable bonds is 4. The summed E-state index contributed by atoms with van der Waals surface area (Å²) in [6.07, 6.45) is 1.01. The molecule has 0 aromatic heterocycles. The highest BCUT2D eigenvalue weighted by molar-refractivity contribution is 6.13. The first-order chi connectivity index (χ1) is 6.69. The summed E-state index contributed by atoms with van der Waals surface area (Å²) in [4.78, 5) is 2.81. The summed E-state index contributed by atoms with van der Waals surface area (Å²) in [5, 5.41) is 0. The van der Waals surface area contributed by atoms with Gasteiger partial charge in [0.05, 0.1) is 0 Å². The Balaban J connectivity index is 2.92. The van der Waals surface area contributed by atoms with Crippen molar-refractivity contribution in [3.8, 4) is 0 Å². The van der Waals surface area contributed by atoms with Crippen molar-refractivity contribution in [3.05, 3.63) is 35.4 Å². The predicted molar refractivity (Wildman–Crippen MR) is 62.6 cm³/mol. The summed E-state index contributed by atoms with van der Waals surface area (Å²) in [6, 6.07) is 8.87. The molecule has 2 heteroatoms. The average molecular weight is 212 g/mol. The maximum Gasteiger partial charge on any atom is 0.0467 e.